The molecule has 0 radical (unpaired) electrons. The molecule has 7 nitrogen and oxygen atoms in total. The predicted molar refractivity (Wildman–Crippen MR) is 145 cm³/mol. The summed E-state index contributed by atoms with van der Waals surface area (Å²) < 4.78 is 18.8. The number of rotatable bonds is 9. The number of hydrogen-bond acceptors (Lipinski definition) is 6. The Labute approximate surface area is 219 Å². The van der Waals surface area contributed by atoms with Gasteiger partial charge in [0.25, 0.3) is 0 Å². The van der Waals surface area contributed by atoms with Crippen LogP contribution >= 0.6 is 22.6 Å². The standard InChI is InChI=1S/C26H32FIN4O3/c1-17-20(15-24(33)34)25(32-12-10-26(2,28)11-13-32)21(16-31-17)22(29)7-8-23(30)35-14-9-18-3-5-19(27)6-4-18/h3-8,16H,9-15,29-30H2,1-2H3,(H,33,34)/b22-7-,23-8+. The smallest absolute Gasteiger partial charge is 0.307 e. The van der Waals surface area contributed by atoms with Crippen molar-refractivity contribution in [2.24, 2.45) is 11.5 Å². The number of hydrogen-bond donors (Lipinski definition) is 3. The van der Waals surface area contributed by atoms with E-state index in [1.54, 1.807) is 30.5 Å². The van der Waals surface area contributed by atoms with Crippen LogP contribution in [0.4, 0.5) is 10.1 Å². The fourth-order valence-corrected chi connectivity index (χ4v) is 4.50. The van der Waals surface area contributed by atoms with Crippen LogP contribution in [0.5, 0.6) is 0 Å². The van der Waals surface area contributed by atoms with Crippen molar-refractivity contribution in [3.63, 3.8) is 0 Å². The highest BCUT2D eigenvalue weighted by Gasteiger charge is 2.30. The molecular formula is C26H32FIN4O3. The first kappa shape index (κ1) is 26.8. The van der Waals surface area contributed by atoms with Gasteiger partial charge in [-0.25, -0.2) is 4.39 Å². The fourth-order valence-electron chi connectivity index (χ4n) is 4.01. The van der Waals surface area contributed by atoms with Crippen LogP contribution in [0.25, 0.3) is 5.70 Å². The Balaban J connectivity index is 1.80. The van der Waals surface area contributed by atoms with Gasteiger partial charge in [-0.2, -0.15) is 0 Å². The highest BCUT2D eigenvalue weighted by Crippen LogP contribution is 2.37. The van der Waals surface area contributed by atoms with E-state index in [0.29, 0.717) is 35.5 Å². The average molecular weight is 594 g/mol. The monoisotopic (exact) mass is 594 g/mol. The number of aromatic nitrogens is 1. The number of piperidine rings is 1. The molecule has 1 aliphatic heterocycles. The number of benzene rings is 1. The van der Waals surface area contributed by atoms with Gasteiger partial charge in [0.1, 0.15) is 5.82 Å². The number of aliphatic carboxylic acids is 1. The van der Waals surface area contributed by atoms with Gasteiger partial charge in [-0.3, -0.25) is 9.78 Å². The van der Waals surface area contributed by atoms with Gasteiger partial charge < -0.3 is 26.2 Å². The number of nitrogens with zero attached hydrogens (tertiary/aromatic N) is 2. The molecule has 2 heterocycles. The van der Waals surface area contributed by atoms with E-state index >= 15 is 0 Å². The number of carboxylic acid groups (broad SMARTS) is 1. The van der Waals surface area contributed by atoms with E-state index in [1.165, 1.54) is 12.1 Å². The number of pyridine rings is 1. The molecule has 0 spiro atoms. The van der Waals surface area contributed by atoms with E-state index in [0.717, 1.165) is 37.2 Å². The maximum atomic E-state index is 13.0. The third kappa shape index (κ3) is 7.58. The van der Waals surface area contributed by atoms with Gasteiger partial charge in [-0.1, -0.05) is 41.6 Å². The van der Waals surface area contributed by atoms with Crippen LogP contribution in [0.3, 0.4) is 0 Å². The zero-order valence-corrected chi connectivity index (χ0v) is 22.2. The molecular weight excluding hydrogens is 562 g/mol. The van der Waals surface area contributed by atoms with Crippen molar-refractivity contribution in [3.05, 3.63) is 76.7 Å². The largest absolute Gasteiger partial charge is 0.481 e. The minimum Gasteiger partial charge on any atom is -0.481 e. The fraction of sp³-hybridized carbons (Fsp3) is 0.385. The Morgan fingerprint density at radius 2 is 1.91 bits per heavy atom. The summed E-state index contributed by atoms with van der Waals surface area (Å²) in [6, 6.07) is 6.23. The Morgan fingerprint density at radius 1 is 1.26 bits per heavy atom. The lowest BCUT2D eigenvalue weighted by Gasteiger charge is -2.39. The summed E-state index contributed by atoms with van der Waals surface area (Å²) in [7, 11) is 0. The number of aryl methyl sites for hydroxylation is 1. The number of alkyl halides is 1. The summed E-state index contributed by atoms with van der Waals surface area (Å²) in [5.41, 5.74) is 16.7. The molecule has 1 aromatic heterocycles. The lowest BCUT2D eigenvalue weighted by atomic mass is 9.95. The quantitative estimate of drug-likeness (QED) is 0.172. The molecule has 35 heavy (non-hydrogen) atoms. The molecule has 9 heteroatoms. The van der Waals surface area contributed by atoms with Gasteiger partial charge in [-0.15, -0.1) is 0 Å². The van der Waals surface area contributed by atoms with Crippen molar-refractivity contribution < 1.29 is 19.0 Å². The Bertz CT molecular complexity index is 1110. The number of carbonyl (C=O) groups is 1. The number of allylic oxidation sites excluding steroid dienone is 2. The first-order valence-electron chi connectivity index (χ1n) is 11.5. The number of carboxylic acids is 1. The van der Waals surface area contributed by atoms with Crippen molar-refractivity contribution in [2.75, 3.05) is 24.6 Å². The normalized spacial score (nSPS) is 16.3. The number of anilines is 1. The third-order valence-electron chi connectivity index (χ3n) is 6.13. The Morgan fingerprint density at radius 3 is 2.54 bits per heavy atom. The van der Waals surface area contributed by atoms with Crippen molar-refractivity contribution in [1.82, 2.24) is 4.98 Å². The molecule has 0 atom stereocenters. The maximum Gasteiger partial charge on any atom is 0.307 e. The molecule has 2 aromatic rings. The van der Waals surface area contributed by atoms with E-state index in [1.807, 2.05) is 6.92 Å². The highest BCUT2D eigenvalue weighted by atomic mass is 127. The van der Waals surface area contributed by atoms with Gasteiger partial charge in [0.05, 0.1) is 18.7 Å². The van der Waals surface area contributed by atoms with E-state index in [-0.39, 0.29) is 21.5 Å². The summed E-state index contributed by atoms with van der Waals surface area (Å²) in [6.07, 6.45) is 7.36. The molecule has 0 aliphatic carbocycles. The van der Waals surface area contributed by atoms with Gasteiger partial charge in [0, 0.05) is 51.6 Å². The van der Waals surface area contributed by atoms with Crippen LogP contribution in [0, 0.1) is 12.7 Å². The predicted octanol–water partition coefficient (Wildman–Crippen LogP) is 4.31. The number of ether oxygens (including phenoxy) is 1. The van der Waals surface area contributed by atoms with Crippen molar-refractivity contribution in [1.29, 1.82) is 0 Å². The summed E-state index contributed by atoms with van der Waals surface area (Å²) in [6.45, 7) is 6.01. The first-order chi connectivity index (χ1) is 16.6. The highest BCUT2D eigenvalue weighted by molar-refractivity contribution is 14.1. The van der Waals surface area contributed by atoms with Crippen LogP contribution in [-0.2, 0) is 22.4 Å². The van der Waals surface area contributed by atoms with Crippen LogP contribution in [0.1, 0.15) is 42.1 Å². The van der Waals surface area contributed by atoms with Crippen LogP contribution in [0.2, 0.25) is 0 Å². The summed E-state index contributed by atoms with van der Waals surface area (Å²) >= 11 is 2.49. The van der Waals surface area contributed by atoms with Crippen LogP contribution in [-0.4, -0.2) is 39.2 Å². The van der Waals surface area contributed by atoms with Gasteiger partial charge in [0.15, 0.2) is 5.88 Å². The second-order valence-electron chi connectivity index (χ2n) is 8.97. The topological polar surface area (TPSA) is 115 Å². The van der Waals surface area contributed by atoms with E-state index < -0.39 is 5.97 Å². The van der Waals surface area contributed by atoms with Crippen LogP contribution in [0.15, 0.2) is 48.5 Å². The van der Waals surface area contributed by atoms with Crippen LogP contribution < -0.4 is 16.4 Å². The molecule has 0 saturated carbocycles. The van der Waals surface area contributed by atoms with Crippen molar-refractivity contribution in [3.8, 4) is 0 Å². The Kier molecular flexibility index (Phi) is 8.98. The summed E-state index contributed by atoms with van der Waals surface area (Å²) in [4.78, 5) is 18.3. The SMILES string of the molecule is Cc1ncc(/C(N)=C/C=C(\N)OCCc2ccc(F)cc2)c(N2CCC(C)(I)CC2)c1CC(=O)O. The molecule has 1 fully saturated rings. The van der Waals surface area contributed by atoms with E-state index in [2.05, 4.69) is 39.4 Å². The zero-order chi connectivity index (χ0) is 25.6. The molecule has 0 unspecified atom stereocenters. The first-order valence-corrected chi connectivity index (χ1v) is 12.6. The van der Waals surface area contributed by atoms with E-state index in [4.69, 9.17) is 16.2 Å². The molecule has 0 amide bonds. The lowest BCUT2D eigenvalue weighted by Crippen LogP contribution is -2.40. The summed E-state index contributed by atoms with van der Waals surface area (Å²) in [5, 5.41) is 9.53. The van der Waals surface area contributed by atoms with Gasteiger partial charge in [-0.05, 0) is 49.6 Å². The van der Waals surface area contributed by atoms with Crippen molar-refractivity contribution >= 4 is 39.9 Å². The number of nitrogens with two attached hydrogens (primary N) is 2. The third-order valence-corrected chi connectivity index (χ3v) is 7.20. The Hall–Kier alpha value is -2.82. The second-order valence-corrected chi connectivity index (χ2v) is 11.6. The molecule has 1 aliphatic rings. The minimum absolute atomic E-state index is 0.127. The van der Waals surface area contributed by atoms with Gasteiger partial charge >= 0.3 is 5.97 Å². The van der Waals surface area contributed by atoms with Crippen molar-refractivity contribution in [2.45, 2.75) is 43.0 Å². The molecule has 188 valence electrons. The van der Waals surface area contributed by atoms with E-state index in [9.17, 15) is 14.3 Å². The number of halogens is 2. The second kappa shape index (κ2) is 11.7. The molecule has 5 N–H and O–H groups in total. The lowest BCUT2D eigenvalue weighted by molar-refractivity contribution is -0.136. The summed E-state index contributed by atoms with van der Waals surface area (Å²) in [5.74, 6) is -0.995. The van der Waals surface area contributed by atoms with Gasteiger partial charge in [0.2, 0.25) is 0 Å². The molecule has 1 aromatic carbocycles. The average Bonchev–Trinajstić information content (AvgIpc) is 2.80. The maximum absolute atomic E-state index is 13.0. The zero-order valence-electron chi connectivity index (χ0n) is 20.1. The minimum atomic E-state index is -0.912. The molecule has 0 bridgehead atoms. The molecule has 1 saturated heterocycles. The molecule has 3 rings (SSSR count).